The molecule has 0 fully saturated rings. The summed E-state index contributed by atoms with van der Waals surface area (Å²) in [6.45, 7) is 2.91. The van der Waals surface area contributed by atoms with E-state index in [0.29, 0.717) is 5.92 Å². The van der Waals surface area contributed by atoms with Gasteiger partial charge in [0, 0.05) is 21.0 Å². The van der Waals surface area contributed by atoms with Gasteiger partial charge in [0.15, 0.2) is 0 Å². The van der Waals surface area contributed by atoms with Crippen molar-refractivity contribution in [2.75, 3.05) is 11.9 Å². The molecule has 1 atom stereocenters. The highest BCUT2D eigenvalue weighted by Gasteiger charge is 2.09. The first-order valence-corrected chi connectivity index (χ1v) is 7.97. The Morgan fingerprint density at radius 1 is 1.53 bits per heavy atom. The number of nitrogens with one attached hydrogen (secondary N) is 1. The highest BCUT2D eigenvalue weighted by atomic mass is 127. The smallest absolute Gasteiger partial charge is 0.251 e. The number of benzene rings is 1. The molecule has 0 aliphatic heterocycles. The zero-order valence-electron chi connectivity index (χ0n) is 9.88. The van der Waals surface area contributed by atoms with Gasteiger partial charge in [-0.1, -0.05) is 35.3 Å². The lowest BCUT2D eigenvalue weighted by Crippen LogP contribution is -2.29. The van der Waals surface area contributed by atoms with Crippen LogP contribution >= 0.6 is 38.5 Å². The van der Waals surface area contributed by atoms with Crippen LogP contribution in [0.3, 0.4) is 0 Å². The lowest BCUT2D eigenvalue weighted by atomic mass is 10.0. The molecular formula is C13H17BrINO. The minimum atomic E-state index is 0.0246. The second-order valence-corrected chi connectivity index (χ2v) is 6.01. The predicted molar refractivity (Wildman–Crippen MR) is 83.7 cm³/mol. The molecule has 94 valence electrons. The summed E-state index contributed by atoms with van der Waals surface area (Å²) in [5, 5.41) is 3.99. The topological polar surface area (TPSA) is 29.1 Å². The zero-order valence-corrected chi connectivity index (χ0v) is 13.6. The van der Waals surface area contributed by atoms with Gasteiger partial charge in [0.25, 0.3) is 5.91 Å². The van der Waals surface area contributed by atoms with Crippen LogP contribution in [0.2, 0.25) is 0 Å². The van der Waals surface area contributed by atoms with Crippen molar-refractivity contribution < 1.29 is 4.79 Å². The fourth-order valence-electron chi connectivity index (χ4n) is 1.57. The second kappa shape index (κ2) is 8.08. The van der Waals surface area contributed by atoms with Crippen LogP contribution in [-0.2, 0) is 0 Å². The summed E-state index contributed by atoms with van der Waals surface area (Å²) in [4.78, 5) is 11.9. The average molecular weight is 410 g/mol. The molecule has 1 unspecified atom stereocenters. The van der Waals surface area contributed by atoms with E-state index >= 15 is 0 Å². The second-order valence-electron chi connectivity index (χ2n) is 3.97. The zero-order chi connectivity index (χ0) is 12.7. The number of carbonyl (C=O) groups is 1. The summed E-state index contributed by atoms with van der Waals surface area (Å²) < 4.78 is 1.09. The van der Waals surface area contributed by atoms with Gasteiger partial charge >= 0.3 is 0 Å². The van der Waals surface area contributed by atoms with Gasteiger partial charge in [0.05, 0.1) is 0 Å². The summed E-state index contributed by atoms with van der Waals surface area (Å²) in [6, 6.07) is 7.65. The Kier molecular flexibility index (Phi) is 7.11. The van der Waals surface area contributed by atoms with Crippen LogP contribution < -0.4 is 5.32 Å². The fourth-order valence-corrected chi connectivity index (χ4v) is 2.76. The highest BCUT2D eigenvalue weighted by Crippen LogP contribution is 2.10. The highest BCUT2D eigenvalue weighted by molar-refractivity contribution is 14.1. The van der Waals surface area contributed by atoms with Crippen LogP contribution in [0.25, 0.3) is 0 Å². The summed E-state index contributed by atoms with van der Waals surface area (Å²) in [5.41, 5.74) is 0.741. The van der Waals surface area contributed by atoms with E-state index < -0.39 is 0 Å². The molecule has 1 amide bonds. The third-order valence-corrected chi connectivity index (χ3v) is 3.86. The number of carbonyl (C=O) groups excluding carboxylic acids is 1. The van der Waals surface area contributed by atoms with Crippen molar-refractivity contribution in [1.82, 2.24) is 5.32 Å². The molecule has 0 spiro atoms. The lowest BCUT2D eigenvalue weighted by molar-refractivity contribution is 0.0946. The van der Waals surface area contributed by atoms with Gasteiger partial charge in [-0.15, -0.1) is 0 Å². The largest absolute Gasteiger partial charge is 0.352 e. The van der Waals surface area contributed by atoms with Crippen LogP contribution in [-0.4, -0.2) is 17.8 Å². The van der Waals surface area contributed by atoms with Gasteiger partial charge in [-0.25, -0.2) is 0 Å². The molecule has 0 aliphatic rings. The number of alkyl halides is 1. The molecule has 1 aromatic rings. The van der Waals surface area contributed by atoms with E-state index in [1.807, 2.05) is 24.3 Å². The molecule has 0 saturated heterocycles. The Balaban J connectivity index is 2.49. The molecule has 0 heterocycles. The fraction of sp³-hybridized carbons (Fsp3) is 0.462. The first-order chi connectivity index (χ1) is 8.17. The summed E-state index contributed by atoms with van der Waals surface area (Å²) in [5.74, 6) is 0.581. The van der Waals surface area contributed by atoms with Crippen molar-refractivity contribution >= 4 is 44.4 Å². The van der Waals surface area contributed by atoms with Crippen molar-refractivity contribution in [2.24, 2.45) is 5.92 Å². The third-order valence-electron chi connectivity index (χ3n) is 2.73. The summed E-state index contributed by atoms with van der Waals surface area (Å²) in [7, 11) is 0. The van der Waals surface area contributed by atoms with Crippen LogP contribution in [0.1, 0.15) is 30.1 Å². The van der Waals surface area contributed by atoms with Crippen molar-refractivity contribution in [3.05, 3.63) is 33.4 Å². The van der Waals surface area contributed by atoms with Gasteiger partial charge in [0.1, 0.15) is 0 Å². The SMILES string of the molecule is CCC(CCBr)CNC(=O)c1cccc(I)c1. The average Bonchev–Trinajstić information content (AvgIpc) is 2.34. The molecule has 4 heteroatoms. The Bertz CT molecular complexity index is 370. The van der Waals surface area contributed by atoms with Crippen molar-refractivity contribution in [3.63, 3.8) is 0 Å². The molecule has 0 bridgehead atoms. The van der Waals surface area contributed by atoms with Gasteiger partial charge in [-0.3, -0.25) is 4.79 Å². The van der Waals surface area contributed by atoms with E-state index in [2.05, 4.69) is 50.8 Å². The van der Waals surface area contributed by atoms with Gasteiger partial charge in [-0.05, 0) is 53.1 Å². The van der Waals surface area contributed by atoms with Crippen LogP contribution in [0.4, 0.5) is 0 Å². The van der Waals surface area contributed by atoms with Gasteiger partial charge in [0.2, 0.25) is 0 Å². The summed E-state index contributed by atoms with van der Waals surface area (Å²) in [6.07, 6.45) is 2.20. The Morgan fingerprint density at radius 2 is 2.29 bits per heavy atom. The van der Waals surface area contributed by atoms with E-state index in [0.717, 1.165) is 33.9 Å². The van der Waals surface area contributed by atoms with E-state index in [-0.39, 0.29) is 5.91 Å². The number of rotatable bonds is 6. The van der Waals surface area contributed by atoms with Crippen molar-refractivity contribution in [2.45, 2.75) is 19.8 Å². The maximum absolute atomic E-state index is 11.9. The number of amides is 1. The first-order valence-electron chi connectivity index (χ1n) is 5.77. The maximum atomic E-state index is 11.9. The molecule has 2 nitrogen and oxygen atoms in total. The van der Waals surface area contributed by atoms with Crippen LogP contribution in [0.5, 0.6) is 0 Å². The molecule has 0 aromatic heterocycles. The standard InChI is InChI=1S/C13H17BrINO/c1-2-10(6-7-14)9-16-13(17)11-4-3-5-12(15)8-11/h3-5,8,10H,2,6-7,9H2,1H3,(H,16,17). The molecule has 1 rings (SSSR count). The number of hydrogen-bond acceptors (Lipinski definition) is 1. The lowest BCUT2D eigenvalue weighted by Gasteiger charge is -2.14. The minimum absolute atomic E-state index is 0.0246. The van der Waals surface area contributed by atoms with Gasteiger partial charge in [-0.2, -0.15) is 0 Å². The quantitative estimate of drug-likeness (QED) is 0.561. The molecule has 1 N–H and O–H groups in total. The number of hydrogen-bond donors (Lipinski definition) is 1. The predicted octanol–water partition coefficient (Wildman–Crippen LogP) is 3.83. The van der Waals surface area contributed by atoms with Crippen molar-refractivity contribution in [1.29, 1.82) is 0 Å². The first kappa shape index (κ1) is 15.0. The molecule has 0 saturated carbocycles. The van der Waals surface area contributed by atoms with E-state index in [9.17, 15) is 4.79 Å². The van der Waals surface area contributed by atoms with Crippen LogP contribution in [0.15, 0.2) is 24.3 Å². The van der Waals surface area contributed by atoms with Gasteiger partial charge < -0.3 is 5.32 Å². The molecule has 1 aromatic carbocycles. The third kappa shape index (κ3) is 5.38. The van der Waals surface area contributed by atoms with Crippen molar-refractivity contribution in [3.8, 4) is 0 Å². The maximum Gasteiger partial charge on any atom is 0.251 e. The summed E-state index contributed by atoms with van der Waals surface area (Å²) >= 11 is 5.65. The Morgan fingerprint density at radius 3 is 2.88 bits per heavy atom. The van der Waals surface area contributed by atoms with Crippen LogP contribution in [0, 0.1) is 9.49 Å². The van der Waals surface area contributed by atoms with E-state index in [1.165, 1.54) is 0 Å². The molecular weight excluding hydrogens is 393 g/mol. The van der Waals surface area contributed by atoms with E-state index in [1.54, 1.807) is 0 Å². The molecule has 0 radical (unpaired) electrons. The minimum Gasteiger partial charge on any atom is -0.352 e. The molecule has 0 aliphatic carbocycles. The normalized spacial score (nSPS) is 12.2. The Labute approximate surface area is 125 Å². The number of halogens is 2. The Hall–Kier alpha value is -0.100. The molecule has 17 heavy (non-hydrogen) atoms. The van der Waals surface area contributed by atoms with E-state index in [4.69, 9.17) is 0 Å². The monoisotopic (exact) mass is 409 g/mol.